The van der Waals surface area contributed by atoms with Gasteiger partial charge in [0.25, 0.3) is 0 Å². The lowest BCUT2D eigenvalue weighted by Crippen LogP contribution is -1.98. The van der Waals surface area contributed by atoms with Crippen molar-refractivity contribution in [2.45, 2.75) is 90.4 Å². The molecule has 0 heterocycles. The molecule has 0 aliphatic heterocycles. The van der Waals surface area contributed by atoms with Gasteiger partial charge in [0.2, 0.25) is 0 Å². The van der Waals surface area contributed by atoms with Crippen LogP contribution in [-0.4, -0.2) is 18.3 Å². The minimum atomic E-state index is 0.190. The molecule has 0 radical (unpaired) electrons. The molecule has 1 aromatic carbocycles. The first-order chi connectivity index (χ1) is 13.9. The average Bonchev–Trinajstić information content (AvgIpc) is 2.71. The smallest absolute Gasteiger partial charge is 0.119 e. The highest BCUT2D eigenvalue weighted by Crippen LogP contribution is 2.15. The van der Waals surface area contributed by atoms with Gasteiger partial charge in [0.1, 0.15) is 5.75 Å². The van der Waals surface area contributed by atoms with Gasteiger partial charge in [-0.3, -0.25) is 0 Å². The van der Waals surface area contributed by atoms with Crippen LogP contribution in [-0.2, 0) is 6.42 Å². The van der Waals surface area contributed by atoms with Crippen molar-refractivity contribution in [2.75, 3.05) is 13.2 Å². The zero-order chi connectivity index (χ0) is 20.1. The van der Waals surface area contributed by atoms with E-state index < -0.39 is 0 Å². The monoisotopic (exact) mass is 386 g/mol. The van der Waals surface area contributed by atoms with E-state index in [2.05, 4.69) is 31.2 Å². The van der Waals surface area contributed by atoms with E-state index in [0.717, 1.165) is 30.8 Å². The summed E-state index contributed by atoms with van der Waals surface area (Å²) in [5.41, 5.74) is 1.14. The fourth-order valence-corrected chi connectivity index (χ4v) is 3.20. The Balaban J connectivity index is 1.87. The van der Waals surface area contributed by atoms with Crippen molar-refractivity contribution in [1.82, 2.24) is 0 Å². The second-order valence-corrected chi connectivity index (χ2v) is 7.55. The largest absolute Gasteiger partial charge is 0.494 e. The number of aliphatic hydroxyl groups is 1. The van der Waals surface area contributed by atoms with E-state index in [0.29, 0.717) is 6.42 Å². The molecular weight excluding hydrogens is 344 g/mol. The van der Waals surface area contributed by atoms with Crippen LogP contribution in [0.2, 0.25) is 0 Å². The quantitative estimate of drug-likeness (QED) is 0.210. The number of ether oxygens (including phenoxy) is 1. The molecule has 0 bridgehead atoms. The van der Waals surface area contributed by atoms with Crippen molar-refractivity contribution in [3.8, 4) is 5.75 Å². The molecule has 0 aromatic heterocycles. The second-order valence-electron chi connectivity index (χ2n) is 7.55. The molecule has 0 aliphatic carbocycles. The van der Waals surface area contributed by atoms with Crippen LogP contribution in [0.4, 0.5) is 0 Å². The third kappa shape index (κ3) is 14.5. The molecule has 0 saturated carbocycles. The van der Waals surface area contributed by atoms with Crippen LogP contribution in [0.5, 0.6) is 5.75 Å². The van der Waals surface area contributed by atoms with Gasteiger partial charge in [-0.2, -0.15) is 0 Å². The molecule has 0 fully saturated rings. The predicted octanol–water partition coefficient (Wildman–Crippen LogP) is 7.41. The number of benzene rings is 1. The maximum absolute atomic E-state index is 9.00. The summed E-state index contributed by atoms with van der Waals surface area (Å²) in [7, 11) is 0. The molecule has 2 nitrogen and oxygen atoms in total. The number of rotatable bonds is 18. The Morgan fingerprint density at radius 3 is 2.21 bits per heavy atom. The van der Waals surface area contributed by atoms with E-state index in [1.165, 1.54) is 64.2 Å². The summed E-state index contributed by atoms with van der Waals surface area (Å²) < 4.78 is 5.82. The van der Waals surface area contributed by atoms with E-state index in [9.17, 15) is 0 Å². The fraction of sp³-hybridized carbons (Fsp3) is 0.615. The zero-order valence-electron chi connectivity index (χ0n) is 18.1. The van der Waals surface area contributed by atoms with Gasteiger partial charge in [-0.1, -0.05) is 81.9 Å². The highest BCUT2D eigenvalue weighted by Gasteiger charge is 1.97. The van der Waals surface area contributed by atoms with Gasteiger partial charge in [-0.25, -0.2) is 0 Å². The Kier molecular flexibility index (Phi) is 16.5. The Labute approximate surface area is 173 Å². The molecule has 0 aliphatic rings. The first-order valence-corrected chi connectivity index (χ1v) is 11.5. The Bertz CT molecular complexity index is 519. The fourth-order valence-electron chi connectivity index (χ4n) is 3.20. The van der Waals surface area contributed by atoms with Crippen LogP contribution in [0.15, 0.2) is 48.6 Å². The van der Waals surface area contributed by atoms with Crippen LogP contribution in [0.3, 0.4) is 0 Å². The SMILES string of the molecule is CCCCC/C=C\C/C=C\CCCCCCCCOc1cccc(CCO)c1. The minimum absolute atomic E-state index is 0.190. The minimum Gasteiger partial charge on any atom is -0.494 e. The van der Waals surface area contributed by atoms with Crippen molar-refractivity contribution in [3.05, 3.63) is 54.1 Å². The lowest BCUT2D eigenvalue weighted by atomic mass is 10.1. The third-order valence-corrected chi connectivity index (χ3v) is 4.91. The molecule has 0 amide bonds. The number of hydrogen-bond acceptors (Lipinski definition) is 2. The van der Waals surface area contributed by atoms with Gasteiger partial charge in [-0.05, 0) is 62.6 Å². The highest BCUT2D eigenvalue weighted by molar-refractivity contribution is 5.28. The van der Waals surface area contributed by atoms with Crippen molar-refractivity contribution in [1.29, 1.82) is 0 Å². The van der Waals surface area contributed by atoms with Crippen molar-refractivity contribution in [2.24, 2.45) is 0 Å². The van der Waals surface area contributed by atoms with Crippen molar-refractivity contribution < 1.29 is 9.84 Å². The molecule has 1 rings (SSSR count). The summed E-state index contributed by atoms with van der Waals surface area (Å²) in [5.74, 6) is 0.925. The molecule has 0 unspecified atom stereocenters. The number of unbranched alkanes of at least 4 members (excludes halogenated alkanes) is 9. The van der Waals surface area contributed by atoms with E-state index >= 15 is 0 Å². The Hall–Kier alpha value is -1.54. The van der Waals surface area contributed by atoms with E-state index in [-0.39, 0.29) is 6.61 Å². The van der Waals surface area contributed by atoms with Gasteiger partial charge in [0.05, 0.1) is 6.61 Å². The van der Waals surface area contributed by atoms with Crippen molar-refractivity contribution >= 4 is 0 Å². The Morgan fingerprint density at radius 1 is 0.821 bits per heavy atom. The first-order valence-electron chi connectivity index (χ1n) is 11.5. The third-order valence-electron chi connectivity index (χ3n) is 4.91. The molecule has 1 N–H and O–H groups in total. The molecular formula is C26H42O2. The lowest BCUT2D eigenvalue weighted by molar-refractivity contribution is 0.296. The summed E-state index contributed by atoms with van der Waals surface area (Å²) in [6.45, 7) is 3.23. The molecule has 2 heteroatoms. The summed E-state index contributed by atoms with van der Waals surface area (Å²) in [5, 5.41) is 9.00. The number of hydrogen-bond donors (Lipinski definition) is 1. The normalized spacial score (nSPS) is 11.6. The highest BCUT2D eigenvalue weighted by atomic mass is 16.5. The van der Waals surface area contributed by atoms with Crippen LogP contribution >= 0.6 is 0 Å². The van der Waals surface area contributed by atoms with E-state index in [1.54, 1.807) is 0 Å². The molecule has 0 atom stereocenters. The second kappa shape index (κ2) is 18.8. The van der Waals surface area contributed by atoms with Crippen LogP contribution in [0.25, 0.3) is 0 Å². The molecule has 158 valence electrons. The zero-order valence-corrected chi connectivity index (χ0v) is 18.1. The molecule has 0 spiro atoms. The maximum atomic E-state index is 9.00. The molecule has 28 heavy (non-hydrogen) atoms. The average molecular weight is 387 g/mol. The van der Waals surface area contributed by atoms with Gasteiger partial charge in [0, 0.05) is 6.61 Å². The van der Waals surface area contributed by atoms with E-state index in [4.69, 9.17) is 9.84 Å². The van der Waals surface area contributed by atoms with Crippen LogP contribution in [0.1, 0.15) is 89.5 Å². The molecule has 1 aromatic rings. The predicted molar refractivity (Wildman–Crippen MR) is 122 cm³/mol. The van der Waals surface area contributed by atoms with Crippen molar-refractivity contribution in [3.63, 3.8) is 0 Å². The Morgan fingerprint density at radius 2 is 1.50 bits per heavy atom. The first kappa shape index (κ1) is 24.5. The van der Waals surface area contributed by atoms with E-state index in [1.807, 2.05) is 24.3 Å². The lowest BCUT2D eigenvalue weighted by Gasteiger charge is -2.07. The molecule has 0 saturated heterocycles. The van der Waals surface area contributed by atoms with Gasteiger partial charge >= 0.3 is 0 Å². The van der Waals surface area contributed by atoms with Crippen LogP contribution in [0, 0.1) is 0 Å². The summed E-state index contributed by atoms with van der Waals surface area (Å²) in [4.78, 5) is 0. The maximum Gasteiger partial charge on any atom is 0.119 e. The summed E-state index contributed by atoms with van der Waals surface area (Å²) in [6.07, 6.45) is 25.2. The summed E-state index contributed by atoms with van der Waals surface area (Å²) in [6, 6.07) is 8.06. The number of allylic oxidation sites excluding steroid dienone is 4. The van der Waals surface area contributed by atoms with Gasteiger partial charge in [-0.15, -0.1) is 0 Å². The summed E-state index contributed by atoms with van der Waals surface area (Å²) >= 11 is 0. The standard InChI is InChI=1S/C26H42O2/c1-2-3-4-5-6-7-8-9-10-11-12-13-14-15-16-17-23-28-26-20-18-19-25(24-26)21-22-27/h6-7,9-10,18-20,24,27H,2-5,8,11-17,21-23H2,1H3/b7-6-,10-9-. The number of aliphatic hydroxyl groups excluding tert-OH is 1. The topological polar surface area (TPSA) is 29.5 Å². The van der Waals surface area contributed by atoms with Crippen LogP contribution < -0.4 is 4.74 Å². The van der Waals surface area contributed by atoms with Gasteiger partial charge < -0.3 is 9.84 Å². The van der Waals surface area contributed by atoms with Gasteiger partial charge in [0.15, 0.2) is 0 Å².